The molecule has 0 aliphatic heterocycles. The quantitative estimate of drug-likeness (QED) is 0.272. The molecule has 0 radical (unpaired) electrons. The number of anilines is 1. The lowest BCUT2D eigenvalue weighted by Gasteiger charge is -2.08. The standard InChI is InChI=1S/C20H18ClN5O2S2/c1-12(26-27-2)16-9-23-20(30-16)28-14-5-3-13(4-6-14)7-8-22-18-17-15(21)10-29-19(17)25-11-24-18/h3-6,9-11H,7-8H2,1-2H3,(H,22,24,25)/b26-12+. The first kappa shape index (κ1) is 20.5. The summed E-state index contributed by atoms with van der Waals surface area (Å²) in [5.74, 6) is 1.49. The summed E-state index contributed by atoms with van der Waals surface area (Å²) in [5, 5.41) is 11.2. The van der Waals surface area contributed by atoms with Gasteiger partial charge in [-0.3, -0.25) is 0 Å². The highest BCUT2D eigenvalue weighted by Crippen LogP contribution is 2.32. The Morgan fingerprint density at radius 2 is 2.03 bits per heavy atom. The van der Waals surface area contributed by atoms with E-state index >= 15 is 0 Å². The number of aromatic nitrogens is 3. The van der Waals surface area contributed by atoms with Crippen LogP contribution in [0.4, 0.5) is 5.82 Å². The van der Waals surface area contributed by atoms with Crippen molar-refractivity contribution in [2.75, 3.05) is 19.0 Å². The van der Waals surface area contributed by atoms with Crippen molar-refractivity contribution in [2.24, 2.45) is 5.16 Å². The molecule has 0 aliphatic rings. The lowest BCUT2D eigenvalue weighted by molar-refractivity contribution is 0.213. The number of oxime groups is 1. The Hall–Kier alpha value is -2.75. The Kier molecular flexibility index (Phi) is 6.41. The van der Waals surface area contributed by atoms with Crippen LogP contribution in [0.25, 0.3) is 10.2 Å². The van der Waals surface area contributed by atoms with E-state index in [2.05, 4.69) is 25.4 Å². The fraction of sp³-hybridized carbons (Fsp3) is 0.200. The third-order valence-electron chi connectivity index (χ3n) is 4.23. The SMILES string of the molecule is CO/N=C(\C)c1cnc(Oc2ccc(CCNc3ncnc4scc(Cl)c34)cc2)s1. The van der Waals surface area contributed by atoms with Gasteiger partial charge in [0, 0.05) is 11.9 Å². The molecule has 0 fully saturated rings. The lowest BCUT2D eigenvalue weighted by Crippen LogP contribution is -2.06. The average Bonchev–Trinajstić information content (AvgIpc) is 3.37. The molecule has 0 saturated carbocycles. The maximum absolute atomic E-state index is 6.25. The summed E-state index contributed by atoms with van der Waals surface area (Å²) < 4.78 is 5.83. The van der Waals surface area contributed by atoms with E-state index in [-0.39, 0.29) is 0 Å². The van der Waals surface area contributed by atoms with Gasteiger partial charge in [-0.15, -0.1) is 11.3 Å². The van der Waals surface area contributed by atoms with Crippen LogP contribution in [0.2, 0.25) is 5.02 Å². The van der Waals surface area contributed by atoms with Crippen molar-refractivity contribution in [2.45, 2.75) is 13.3 Å². The lowest BCUT2D eigenvalue weighted by atomic mass is 10.1. The predicted octanol–water partition coefficient (Wildman–Crippen LogP) is 5.62. The second-order valence-corrected chi connectivity index (χ2v) is 8.52. The molecule has 0 amide bonds. The molecule has 7 nitrogen and oxygen atoms in total. The van der Waals surface area contributed by atoms with Gasteiger partial charge in [0.05, 0.1) is 27.2 Å². The monoisotopic (exact) mass is 459 g/mol. The molecule has 4 aromatic rings. The molecule has 30 heavy (non-hydrogen) atoms. The minimum absolute atomic E-state index is 0.561. The molecule has 0 spiro atoms. The summed E-state index contributed by atoms with van der Waals surface area (Å²) in [7, 11) is 1.52. The molecule has 0 atom stereocenters. The number of rotatable bonds is 8. The normalized spacial score (nSPS) is 11.6. The summed E-state index contributed by atoms with van der Waals surface area (Å²) in [6.45, 7) is 2.59. The van der Waals surface area contributed by atoms with E-state index < -0.39 is 0 Å². The van der Waals surface area contributed by atoms with E-state index in [1.54, 1.807) is 12.5 Å². The van der Waals surface area contributed by atoms with Crippen LogP contribution < -0.4 is 10.1 Å². The van der Waals surface area contributed by atoms with Gasteiger partial charge < -0.3 is 14.9 Å². The van der Waals surface area contributed by atoms with Crippen molar-refractivity contribution in [3.63, 3.8) is 0 Å². The van der Waals surface area contributed by atoms with Crippen LogP contribution in [-0.4, -0.2) is 34.3 Å². The maximum atomic E-state index is 6.25. The Bertz CT molecular complexity index is 1170. The van der Waals surface area contributed by atoms with Crippen LogP contribution in [0, 0.1) is 0 Å². The van der Waals surface area contributed by atoms with Gasteiger partial charge in [0.25, 0.3) is 5.19 Å². The van der Waals surface area contributed by atoms with Crippen molar-refractivity contribution in [1.82, 2.24) is 15.0 Å². The Morgan fingerprint density at radius 1 is 1.20 bits per heavy atom. The minimum Gasteiger partial charge on any atom is -0.431 e. The summed E-state index contributed by atoms with van der Waals surface area (Å²) in [4.78, 5) is 19.4. The highest BCUT2D eigenvalue weighted by Gasteiger charge is 2.10. The van der Waals surface area contributed by atoms with Gasteiger partial charge in [0.1, 0.15) is 29.8 Å². The molecular formula is C20H18ClN5O2S2. The van der Waals surface area contributed by atoms with E-state index in [1.165, 1.54) is 35.3 Å². The first-order chi connectivity index (χ1) is 14.6. The molecule has 3 aromatic heterocycles. The van der Waals surface area contributed by atoms with Crippen LogP contribution in [0.15, 0.2) is 47.3 Å². The number of fused-ring (bicyclic) bond motifs is 1. The van der Waals surface area contributed by atoms with E-state index in [0.29, 0.717) is 10.2 Å². The molecule has 0 unspecified atom stereocenters. The van der Waals surface area contributed by atoms with E-state index in [9.17, 15) is 0 Å². The molecule has 0 bridgehead atoms. The smallest absolute Gasteiger partial charge is 0.279 e. The second kappa shape index (κ2) is 9.38. The third-order valence-corrected chi connectivity index (χ3v) is 6.53. The second-order valence-electron chi connectivity index (χ2n) is 6.26. The third kappa shape index (κ3) is 4.69. The van der Waals surface area contributed by atoms with Crippen LogP contribution >= 0.6 is 34.3 Å². The summed E-state index contributed by atoms with van der Waals surface area (Å²) in [6.07, 6.45) is 4.11. The van der Waals surface area contributed by atoms with Gasteiger partial charge in [-0.1, -0.05) is 40.2 Å². The van der Waals surface area contributed by atoms with Gasteiger partial charge in [-0.25, -0.2) is 15.0 Å². The summed E-state index contributed by atoms with van der Waals surface area (Å²) in [6, 6.07) is 7.95. The molecule has 1 N–H and O–H groups in total. The van der Waals surface area contributed by atoms with Crippen molar-refractivity contribution in [3.05, 3.63) is 57.6 Å². The van der Waals surface area contributed by atoms with Gasteiger partial charge in [-0.2, -0.15) is 0 Å². The highest BCUT2D eigenvalue weighted by atomic mass is 35.5. The van der Waals surface area contributed by atoms with Gasteiger partial charge in [0.2, 0.25) is 0 Å². The van der Waals surface area contributed by atoms with Crippen LogP contribution in [0.1, 0.15) is 17.4 Å². The minimum atomic E-state index is 0.561. The molecule has 1 aromatic carbocycles. The van der Waals surface area contributed by atoms with Gasteiger partial charge >= 0.3 is 0 Å². The van der Waals surface area contributed by atoms with Crippen molar-refractivity contribution in [3.8, 4) is 10.9 Å². The number of benzene rings is 1. The Labute approximate surface area is 186 Å². The predicted molar refractivity (Wildman–Crippen MR) is 122 cm³/mol. The first-order valence-electron chi connectivity index (χ1n) is 9.06. The zero-order valence-electron chi connectivity index (χ0n) is 16.3. The fourth-order valence-corrected chi connectivity index (χ4v) is 4.64. The largest absolute Gasteiger partial charge is 0.431 e. The van der Waals surface area contributed by atoms with Gasteiger partial charge in [0.15, 0.2) is 0 Å². The number of thiophene rings is 1. The number of thiazole rings is 1. The van der Waals surface area contributed by atoms with E-state index in [1.807, 2.05) is 36.6 Å². The van der Waals surface area contributed by atoms with Crippen LogP contribution in [0.3, 0.4) is 0 Å². The maximum Gasteiger partial charge on any atom is 0.279 e. The number of nitrogens with zero attached hydrogens (tertiary/aromatic N) is 4. The first-order valence-corrected chi connectivity index (χ1v) is 11.1. The zero-order valence-corrected chi connectivity index (χ0v) is 18.6. The van der Waals surface area contributed by atoms with Crippen LogP contribution in [-0.2, 0) is 11.3 Å². The fourth-order valence-electron chi connectivity index (χ4n) is 2.78. The number of ether oxygens (including phenoxy) is 1. The molecule has 0 saturated heterocycles. The molecular weight excluding hydrogens is 442 g/mol. The molecule has 10 heteroatoms. The number of halogens is 1. The van der Waals surface area contributed by atoms with E-state index in [0.717, 1.165) is 45.3 Å². The van der Waals surface area contributed by atoms with Crippen molar-refractivity contribution in [1.29, 1.82) is 0 Å². The number of nitrogens with one attached hydrogen (secondary N) is 1. The molecule has 4 rings (SSSR count). The highest BCUT2D eigenvalue weighted by molar-refractivity contribution is 7.17. The van der Waals surface area contributed by atoms with Gasteiger partial charge in [-0.05, 0) is 31.0 Å². The molecule has 0 aliphatic carbocycles. The van der Waals surface area contributed by atoms with Crippen LogP contribution in [0.5, 0.6) is 10.9 Å². The summed E-state index contributed by atoms with van der Waals surface area (Å²) in [5.41, 5.74) is 1.94. The van der Waals surface area contributed by atoms with Crippen molar-refractivity contribution < 1.29 is 9.57 Å². The summed E-state index contributed by atoms with van der Waals surface area (Å²) >= 11 is 9.18. The van der Waals surface area contributed by atoms with E-state index in [4.69, 9.17) is 21.2 Å². The molecule has 3 heterocycles. The Balaban J connectivity index is 1.34. The molecule has 154 valence electrons. The number of hydrogen-bond acceptors (Lipinski definition) is 9. The topological polar surface area (TPSA) is 81.5 Å². The Morgan fingerprint density at radius 3 is 2.83 bits per heavy atom. The zero-order chi connectivity index (χ0) is 20.9. The number of hydrogen-bond donors (Lipinski definition) is 1. The van der Waals surface area contributed by atoms with Crippen molar-refractivity contribution >= 4 is 56.0 Å². The average molecular weight is 460 g/mol.